The number of amides is 1. The van der Waals surface area contributed by atoms with Crippen molar-refractivity contribution < 1.29 is 9.53 Å². The number of pyridine rings is 1. The molecule has 0 saturated heterocycles. The second kappa shape index (κ2) is 5.89. The van der Waals surface area contributed by atoms with Gasteiger partial charge in [0.25, 0.3) is 5.91 Å². The fourth-order valence-corrected chi connectivity index (χ4v) is 2.50. The monoisotopic (exact) mass is 295 g/mol. The van der Waals surface area contributed by atoms with Crippen molar-refractivity contribution in [3.8, 4) is 5.75 Å². The third kappa shape index (κ3) is 2.65. The van der Waals surface area contributed by atoms with Gasteiger partial charge in [0.1, 0.15) is 5.75 Å². The molecule has 0 atom stereocenters. The van der Waals surface area contributed by atoms with Gasteiger partial charge in [-0.25, -0.2) is 0 Å². The van der Waals surface area contributed by atoms with E-state index in [0.717, 1.165) is 22.2 Å². The summed E-state index contributed by atoms with van der Waals surface area (Å²) >= 11 is 0. The molecule has 2 aromatic heterocycles. The van der Waals surface area contributed by atoms with Crippen molar-refractivity contribution in [2.24, 2.45) is 7.05 Å². The van der Waals surface area contributed by atoms with Crippen LogP contribution in [0.5, 0.6) is 5.75 Å². The van der Waals surface area contributed by atoms with Crippen molar-refractivity contribution >= 4 is 16.8 Å². The lowest BCUT2D eigenvalue weighted by Crippen LogP contribution is -2.22. The average Bonchev–Trinajstić information content (AvgIpc) is 2.89. The van der Waals surface area contributed by atoms with Crippen LogP contribution in [0.25, 0.3) is 10.9 Å². The first-order chi connectivity index (χ1) is 10.7. The number of rotatable bonds is 4. The van der Waals surface area contributed by atoms with Crippen LogP contribution in [0.4, 0.5) is 0 Å². The first-order valence-corrected chi connectivity index (χ1v) is 6.99. The second-order valence-corrected chi connectivity index (χ2v) is 5.07. The minimum atomic E-state index is -0.131. The topological polar surface area (TPSA) is 56.1 Å². The van der Waals surface area contributed by atoms with Gasteiger partial charge in [-0.2, -0.15) is 0 Å². The standard InChI is InChI=1S/C17H17N3O2/c1-20-11-13(15-8-14(22-2)5-6-16(15)20)10-19-17(21)12-4-3-7-18-9-12/h3-9,11H,10H2,1-2H3,(H,19,21). The Balaban J connectivity index is 1.83. The van der Waals surface area contributed by atoms with Crippen LogP contribution in [0.3, 0.4) is 0 Å². The molecule has 0 aliphatic heterocycles. The molecule has 0 fully saturated rings. The summed E-state index contributed by atoms with van der Waals surface area (Å²) in [5.74, 6) is 0.673. The molecule has 0 unspecified atom stereocenters. The minimum Gasteiger partial charge on any atom is -0.497 e. The average molecular weight is 295 g/mol. The zero-order chi connectivity index (χ0) is 15.5. The van der Waals surface area contributed by atoms with Gasteiger partial charge in [0.2, 0.25) is 0 Å². The summed E-state index contributed by atoms with van der Waals surface area (Å²) in [5, 5.41) is 4.00. The van der Waals surface area contributed by atoms with Gasteiger partial charge in [0.05, 0.1) is 12.7 Å². The summed E-state index contributed by atoms with van der Waals surface area (Å²) in [4.78, 5) is 16.1. The molecule has 2 heterocycles. The number of methoxy groups -OCH3 is 1. The summed E-state index contributed by atoms with van der Waals surface area (Å²) in [6.07, 6.45) is 5.23. The number of hydrogen-bond donors (Lipinski definition) is 1. The number of carbonyl (C=O) groups is 1. The molecule has 5 heteroatoms. The zero-order valence-electron chi connectivity index (χ0n) is 12.5. The normalized spacial score (nSPS) is 10.6. The highest BCUT2D eigenvalue weighted by molar-refractivity contribution is 5.94. The lowest BCUT2D eigenvalue weighted by molar-refractivity contribution is 0.0950. The molecule has 1 aromatic carbocycles. The van der Waals surface area contributed by atoms with Crippen molar-refractivity contribution in [1.29, 1.82) is 0 Å². The first-order valence-electron chi connectivity index (χ1n) is 6.99. The van der Waals surface area contributed by atoms with Crippen LogP contribution >= 0.6 is 0 Å². The Morgan fingerprint density at radius 3 is 2.95 bits per heavy atom. The molecule has 0 spiro atoms. The Morgan fingerprint density at radius 1 is 1.36 bits per heavy atom. The van der Waals surface area contributed by atoms with E-state index in [4.69, 9.17) is 4.74 Å². The van der Waals surface area contributed by atoms with Gasteiger partial charge in [-0.15, -0.1) is 0 Å². The van der Waals surface area contributed by atoms with E-state index in [-0.39, 0.29) is 5.91 Å². The Hall–Kier alpha value is -2.82. The Kier molecular flexibility index (Phi) is 3.78. The molecule has 1 amide bonds. The van der Waals surface area contributed by atoms with E-state index < -0.39 is 0 Å². The Morgan fingerprint density at radius 2 is 2.23 bits per heavy atom. The van der Waals surface area contributed by atoms with Gasteiger partial charge >= 0.3 is 0 Å². The second-order valence-electron chi connectivity index (χ2n) is 5.07. The van der Waals surface area contributed by atoms with Gasteiger partial charge in [0.15, 0.2) is 0 Å². The van der Waals surface area contributed by atoms with E-state index in [9.17, 15) is 4.79 Å². The Bertz CT molecular complexity index is 809. The van der Waals surface area contributed by atoms with Gasteiger partial charge in [-0.3, -0.25) is 9.78 Å². The maximum Gasteiger partial charge on any atom is 0.253 e. The third-order valence-corrected chi connectivity index (χ3v) is 3.64. The molecule has 0 aliphatic rings. The van der Waals surface area contributed by atoms with E-state index in [2.05, 4.69) is 10.3 Å². The van der Waals surface area contributed by atoms with E-state index >= 15 is 0 Å². The third-order valence-electron chi connectivity index (χ3n) is 3.64. The molecule has 3 rings (SSSR count). The molecule has 0 radical (unpaired) electrons. The molecule has 112 valence electrons. The largest absolute Gasteiger partial charge is 0.497 e. The van der Waals surface area contributed by atoms with Crippen molar-refractivity contribution in [2.45, 2.75) is 6.54 Å². The van der Waals surface area contributed by atoms with Gasteiger partial charge in [-0.1, -0.05) is 0 Å². The van der Waals surface area contributed by atoms with Crippen LogP contribution in [0.1, 0.15) is 15.9 Å². The van der Waals surface area contributed by atoms with Gasteiger partial charge in [0, 0.05) is 43.1 Å². The van der Waals surface area contributed by atoms with Crippen molar-refractivity contribution in [2.75, 3.05) is 7.11 Å². The maximum absolute atomic E-state index is 12.1. The van der Waals surface area contributed by atoms with Gasteiger partial charge < -0.3 is 14.6 Å². The fourth-order valence-electron chi connectivity index (χ4n) is 2.50. The van der Waals surface area contributed by atoms with Crippen LogP contribution < -0.4 is 10.1 Å². The summed E-state index contributed by atoms with van der Waals surface area (Å²) in [6.45, 7) is 0.457. The number of nitrogens with one attached hydrogen (secondary N) is 1. The first kappa shape index (κ1) is 14.1. The zero-order valence-corrected chi connectivity index (χ0v) is 12.5. The molecule has 5 nitrogen and oxygen atoms in total. The minimum absolute atomic E-state index is 0.131. The molecule has 3 aromatic rings. The molecular formula is C17H17N3O2. The highest BCUT2D eigenvalue weighted by Crippen LogP contribution is 2.25. The molecule has 22 heavy (non-hydrogen) atoms. The number of carbonyl (C=O) groups excluding carboxylic acids is 1. The number of fused-ring (bicyclic) bond motifs is 1. The van der Waals surface area contributed by atoms with Gasteiger partial charge in [-0.05, 0) is 35.9 Å². The van der Waals surface area contributed by atoms with Crippen molar-refractivity contribution in [3.05, 3.63) is 60.0 Å². The number of aryl methyl sites for hydroxylation is 1. The predicted molar refractivity (Wildman–Crippen MR) is 84.9 cm³/mol. The summed E-state index contributed by atoms with van der Waals surface area (Å²) in [6, 6.07) is 9.42. The molecule has 0 aliphatic carbocycles. The highest BCUT2D eigenvalue weighted by atomic mass is 16.5. The summed E-state index contributed by atoms with van der Waals surface area (Å²) in [7, 11) is 3.63. The smallest absolute Gasteiger partial charge is 0.253 e. The summed E-state index contributed by atoms with van der Waals surface area (Å²) < 4.78 is 7.32. The predicted octanol–water partition coefficient (Wildman–Crippen LogP) is 2.51. The number of ether oxygens (including phenoxy) is 1. The number of aromatic nitrogens is 2. The van der Waals surface area contributed by atoms with E-state index in [1.54, 1.807) is 31.6 Å². The fraction of sp³-hybridized carbons (Fsp3) is 0.176. The van der Waals surface area contributed by atoms with Crippen LogP contribution in [-0.2, 0) is 13.6 Å². The number of nitrogens with zero attached hydrogens (tertiary/aromatic N) is 2. The molecule has 0 bridgehead atoms. The van der Waals surface area contributed by atoms with Crippen LogP contribution in [0.15, 0.2) is 48.9 Å². The SMILES string of the molecule is COc1ccc2c(c1)c(CNC(=O)c1cccnc1)cn2C. The molecule has 0 saturated carbocycles. The van der Waals surface area contributed by atoms with Crippen LogP contribution in [-0.4, -0.2) is 22.6 Å². The van der Waals surface area contributed by atoms with Crippen LogP contribution in [0.2, 0.25) is 0 Å². The molecule has 1 N–H and O–H groups in total. The highest BCUT2D eigenvalue weighted by Gasteiger charge is 2.10. The summed E-state index contributed by atoms with van der Waals surface area (Å²) in [5.41, 5.74) is 2.71. The van der Waals surface area contributed by atoms with Crippen molar-refractivity contribution in [3.63, 3.8) is 0 Å². The van der Waals surface area contributed by atoms with Crippen LogP contribution in [0, 0.1) is 0 Å². The lowest BCUT2D eigenvalue weighted by Gasteiger charge is -2.05. The number of benzene rings is 1. The van der Waals surface area contributed by atoms with E-state index in [0.29, 0.717) is 12.1 Å². The van der Waals surface area contributed by atoms with Crippen molar-refractivity contribution in [1.82, 2.24) is 14.9 Å². The molecular weight excluding hydrogens is 278 g/mol. The quantitative estimate of drug-likeness (QED) is 0.804. The number of hydrogen-bond acceptors (Lipinski definition) is 3. The van der Waals surface area contributed by atoms with E-state index in [1.165, 1.54) is 0 Å². The maximum atomic E-state index is 12.1. The lowest BCUT2D eigenvalue weighted by atomic mass is 10.1. The Labute approximate surface area is 128 Å². The van der Waals surface area contributed by atoms with E-state index in [1.807, 2.05) is 36.0 Å².